The van der Waals surface area contributed by atoms with Crippen LogP contribution >= 0.6 is 0 Å². The van der Waals surface area contributed by atoms with Crippen LogP contribution < -0.4 is 4.74 Å². The SMILES string of the molecule is CCC(=O)c1ccc(OCC(=O)OCC(=O)c2cc(C)n(Cc3ccco3)c2C)cc1. The van der Waals surface area contributed by atoms with Crippen LogP contribution in [0.2, 0.25) is 0 Å². The first kappa shape index (κ1) is 22.1. The Morgan fingerprint density at radius 3 is 2.39 bits per heavy atom. The summed E-state index contributed by atoms with van der Waals surface area (Å²) in [5.41, 5.74) is 2.80. The lowest BCUT2D eigenvalue weighted by Crippen LogP contribution is -2.20. The van der Waals surface area contributed by atoms with Crippen LogP contribution in [-0.4, -0.2) is 35.3 Å². The van der Waals surface area contributed by atoms with E-state index in [1.54, 1.807) is 43.5 Å². The third kappa shape index (κ3) is 5.51. The van der Waals surface area contributed by atoms with E-state index in [4.69, 9.17) is 13.9 Å². The molecule has 7 heteroatoms. The van der Waals surface area contributed by atoms with Crippen LogP contribution in [0.3, 0.4) is 0 Å². The average molecular weight is 423 g/mol. The van der Waals surface area contributed by atoms with Gasteiger partial charge >= 0.3 is 5.97 Å². The van der Waals surface area contributed by atoms with Crippen molar-refractivity contribution in [1.29, 1.82) is 0 Å². The van der Waals surface area contributed by atoms with Gasteiger partial charge < -0.3 is 18.5 Å². The van der Waals surface area contributed by atoms with Crippen LogP contribution in [0.5, 0.6) is 5.75 Å². The third-order valence-corrected chi connectivity index (χ3v) is 4.99. The second-order valence-corrected chi connectivity index (χ2v) is 7.12. The van der Waals surface area contributed by atoms with Crippen molar-refractivity contribution in [3.8, 4) is 5.75 Å². The van der Waals surface area contributed by atoms with Crippen LogP contribution in [0.4, 0.5) is 0 Å². The van der Waals surface area contributed by atoms with Crippen LogP contribution in [0.1, 0.15) is 51.2 Å². The highest BCUT2D eigenvalue weighted by atomic mass is 16.6. The molecule has 2 heterocycles. The van der Waals surface area contributed by atoms with Gasteiger partial charge in [0.1, 0.15) is 11.5 Å². The van der Waals surface area contributed by atoms with Crippen molar-refractivity contribution in [3.05, 3.63) is 77.0 Å². The van der Waals surface area contributed by atoms with Gasteiger partial charge in [0.25, 0.3) is 0 Å². The molecule has 3 aromatic rings. The number of esters is 1. The minimum absolute atomic E-state index is 0.0352. The summed E-state index contributed by atoms with van der Waals surface area (Å²) in [6, 6.07) is 12.0. The van der Waals surface area contributed by atoms with Crippen molar-refractivity contribution < 1.29 is 28.3 Å². The molecule has 162 valence electrons. The maximum absolute atomic E-state index is 12.6. The van der Waals surface area contributed by atoms with E-state index in [-0.39, 0.29) is 24.8 Å². The molecule has 0 saturated carbocycles. The van der Waals surface area contributed by atoms with E-state index in [2.05, 4.69) is 0 Å². The molecule has 0 atom stereocenters. The molecule has 7 nitrogen and oxygen atoms in total. The van der Waals surface area contributed by atoms with Crippen molar-refractivity contribution in [2.24, 2.45) is 0 Å². The Balaban J connectivity index is 1.51. The first-order chi connectivity index (χ1) is 14.9. The molecule has 3 rings (SSSR count). The molecule has 0 unspecified atom stereocenters. The summed E-state index contributed by atoms with van der Waals surface area (Å²) in [5, 5.41) is 0. The second-order valence-electron chi connectivity index (χ2n) is 7.12. The van der Waals surface area contributed by atoms with Gasteiger partial charge in [-0.05, 0) is 56.3 Å². The number of carbonyl (C=O) groups is 3. The van der Waals surface area contributed by atoms with Crippen LogP contribution in [0.25, 0.3) is 0 Å². The minimum Gasteiger partial charge on any atom is -0.482 e. The standard InChI is InChI=1S/C24H25NO6/c1-4-22(26)18-7-9-19(10-8-18)30-15-24(28)31-14-23(27)21-12-16(2)25(17(21)3)13-20-6-5-11-29-20/h5-12H,4,13-15H2,1-3H3. The Kier molecular flexibility index (Phi) is 7.07. The van der Waals surface area contributed by atoms with E-state index in [0.717, 1.165) is 17.1 Å². The van der Waals surface area contributed by atoms with Crippen LogP contribution in [-0.2, 0) is 16.1 Å². The van der Waals surface area contributed by atoms with Gasteiger partial charge in [0.05, 0.1) is 12.8 Å². The van der Waals surface area contributed by atoms with Gasteiger partial charge in [-0.2, -0.15) is 0 Å². The monoisotopic (exact) mass is 423 g/mol. The number of furan rings is 1. The number of ketones is 2. The van der Waals surface area contributed by atoms with E-state index in [1.807, 2.05) is 30.5 Å². The molecule has 0 aliphatic heterocycles. The maximum Gasteiger partial charge on any atom is 0.344 e. The highest BCUT2D eigenvalue weighted by Gasteiger charge is 2.18. The molecule has 0 aliphatic rings. The van der Waals surface area contributed by atoms with Crippen molar-refractivity contribution in [2.75, 3.05) is 13.2 Å². The topological polar surface area (TPSA) is 87.7 Å². The van der Waals surface area contributed by atoms with Crippen molar-refractivity contribution in [2.45, 2.75) is 33.7 Å². The number of rotatable bonds is 10. The van der Waals surface area contributed by atoms with Gasteiger partial charge in [-0.25, -0.2) is 4.79 Å². The molecule has 0 N–H and O–H groups in total. The minimum atomic E-state index is -0.647. The number of nitrogens with zero attached hydrogens (tertiary/aromatic N) is 1. The summed E-state index contributed by atoms with van der Waals surface area (Å²) >= 11 is 0. The summed E-state index contributed by atoms with van der Waals surface area (Å²) in [6.07, 6.45) is 2.03. The third-order valence-electron chi connectivity index (χ3n) is 4.99. The highest BCUT2D eigenvalue weighted by Crippen LogP contribution is 2.18. The summed E-state index contributed by atoms with van der Waals surface area (Å²) in [6.45, 7) is 5.38. The van der Waals surface area contributed by atoms with E-state index >= 15 is 0 Å². The number of hydrogen-bond donors (Lipinski definition) is 0. The number of Topliss-reactive ketones (excluding diaryl/α,β-unsaturated/α-hetero) is 2. The van der Waals surface area contributed by atoms with E-state index < -0.39 is 5.97 Å². The zero-order chi connectivity index (χ0) is 22.4. The molecule has 0 fully saturated rings. The molecule has 31 heavy (non-hydrogen) atoms. The lowest BCUT2D eigenvalue weighted by molar-refractivity contribution is -0.144. The summed E-state index contributed by atoms with van der Waals surface area (Å²) in [7, 11) is 0. The van der Waals surface area contributed by atoms with Gasteiger partial charge in [0, 0.05) is 28.9 Å². The Bertz CT molecular complexity index is 1060. The Labute approximate surface area is 180 Å². The molecule has 2 aromatic heterocycles. The number of ether oxygens (including phenoxy) is 2. The second kappa shape index (κ2) is 9.93. The van der Waals surface area contributed by atoms with E-state index in [0.29, 0.717) is 29.8 Å². The number of aromatic nitrogens is 1. The zero-order valence-corrected chi connectivity index (χ0v) is 17.8. The maximum atomic E-state index is 12.6. The Morgan fingerprint density at radius 2 is 1.74 bits per heavy atom. The fourth-order valence-corrected chi connectivity index (χ4v) is 3.23. The molecular weight excluding hydrogens is 398 g/mol. The van der Waals surface area contributed by atoms with Gasteiger partial charge in [0.2, 0.25) is 5.78 Å². The molecule has 0 radical (unpaired) electrons. The highest BCUT2D eigenvalue weighted by molar-refractivity contribution is 5.99. The van der Waals surface area contributed by atoms with Gasteiger partial charge in [-0.1, -0.05) is 6.92 Å². The fourth-order valence-electron chi connectivity index (χ4n) is 3.23. The smallest absolute Gasteiger partial charge is 0.344 e. The van der Waals surface area contributed by atoms with Gasteiger partial charge in [-0.15, -0.1) is 0 Å². The zero-order valence-electron chi connectivity index (χ0n) is 17.8. The molecule has 0 bridgehead atoms. The number of hydrogen-bond acceptors (Lipinski definition) is 6. The van der Waals surface area contributed by atoms with Crippen molar-refractivity contribution >= 4 is 17.5 Å². The van der Waals surface area contributed by atoms with E-state index in [1.165, 1.54) is 0 Å². The quantitative estimate of drug-likeness (QED) is 0.360. The molecule has 1 aromatic carbocycles. The average Bonchev–Trinajstić information content (AvgIpc) is 3.39. The summed E-state index contributed by atoms with van der Waals surface area (Å²) in [5.74, 6) is 0.336. The van der Waals surface area contributed by atoms with Crippen LogP contribution in [0, 0.1) is 13.8 Å². The molecule has 0 spiro atoms. The lowest BCUT2D eigenvalue weighted by Gasteiger charge is -2.09. The predicted octanol–water partition coefficient (Wildman–Crippen LogP) is 4.14. The summed E-state index contributed by atoms with van der Waals surface area (Å²) < 4.78 is 17.8. The van der Waals surface area contributed by atoms with Crippen molar-refractivity contribution in [1.82, 2.24) is 4.57 Å². The number of carbonyl (C=O) groups excluding carboxylic acids is 3. The Hall–Kier alpha value is -3.61. The van der Waals surface area contributed by atoms with Gasteiger partial charge in [0.15, 0.2) is 19.0 Å². The molecule has 0 aliphatic carbocycles. The Morgan fingerprint density at radius 1 is 1.00 bits per heavy atom. The van der Waals surface area contributed by atoms with Crippen molar-refractivity contribution in [3.63, 3.8) is 0 Å². The molecule has 0 saturated heterocycles. The lowest BCUT2D eigenvalue weighted by atomic mass is 10.1. The van der Waals surface area contributed by atoms with Gasteiger partial charge in [-0.3, -0.25) is 9.59 Å². The number of benzene rings is 1. The molecule has 0 amide bonds. The largest absolute Gasteiger partial charge is 0.482 e. The first-order valence-corrected chi connectivity index (χ1v) is 10.0. The first-order valence-electron chi connectivity index (χ1n) is 10.0. The fraction of sp³-hybridized carbons (Fsp3) is 0.292. The molecular formula is C24H25NO6. The normalized spacial score (nSPS) is 10.7. The number of aryl methyl sites for hydroxylation is 1. The van der Waals surface area contributed by atoms with E-state index in [9.17, 15) is 14.4 Å². The predicted molar refractivity (Wildman–Crippen MR) is 114 cm³/mol. The van der Waals surface area contributed by atoms with Crippen LogP contribution in [0.15, 0.2) is 53.1 Å². The summed E-state index contributed by atoms with van der Waals surface area (Å²) in [4.78, 5) is 36.2.